The van der Waals surface area contributed by atoms with Crippen LogP contribution in [0, 0.1) is 11.8 Å². The van der Waals surface area contributed by atoms with Crippen molar-refractivity contribution in [2.45, 2.75) is 32.4 Å². The van der Waals surface area contributed by atoms with Crippen LogP contribution in [0.3, 0.4) is 0 Å². The first-order chi connectivity index (χ1) is 9.28. The molecule has 1 aromatic rings. The predicted molar refractivity (Wildman–Crippen MR) is 76.1 cm³/mol. The summed E-state index contributed by atoms with van der Waals surface area (Å²) in [7, 11) is 1.64. The van der Waals surface area contributed by atoms with Crippen LogP contribution in [0.4, 0.5) is 0 Å². The largest absolute Gasteiger partial charge is 0.495 e. The van der Waals surface area contributed by atoms with Gasteiger partial charge in [-0.05, 0) is 37.1 Å². The van der Waals surface area contributed by atoms with Crippen molar-refractivity contribution < 1.29 is 9.84 Å². The first-order valence-electron chi connectivity index (χ1n) is 6.79. The van der Waals surface area contributed by atoms with Gasteiger partial charge in [0.05, 0.1) is 12.7 Å². The Bertz CT molecular complexity index is 483. The number of nitrogens with zero attached hydrogens (tertiary/aromatic N) is 1. The summed E-state index contributed by atoms with van der Waals surface area (Å²) in [5, 5.41) is 8.80. The zero-order chi connectivity index (χ0) is 13.7. The molecular formula is C16H21NO2. The summed E-state index contributed by atoms with van der Waals surface area (Å²) in [4.78, 5) is 2.49. The van der Waals surface area contributed by atoms with Crippen LogP contribution in [-0.4, -0.2) is 36.3 Å². The highest BCUT2D eigenvalue weighted by Crippen LogP contribution is 2.28. The number of ether oxygens (including phenoxy) is 1. The van der Waals surface area contributed by atoms with Gasteiger partial charge in [0.15, 0.2) is 0 Å². The molecule has 0 heterocycles. The molecule has 0 unspecified atom stereocenters. The highest BCUT2D eigenvalue weighted by Gasteiger charge is 2.27. The number of methoxy groups -OCH3 is 1. The molecular weight excluding hydrogens is 238 g/mol. The van der Waals surface area contributed by atoms with Crippen LogP contribution in [0.15, 0.2) is 18.2 Å². The topological polar surface area (TPSA) is 32.7 Å². The molecule has 0 spiro atoms. The van der Waals surface area contributed by atoms with Crippen molar-refractivity contribution in [3.8, 4) is 17.6 Å². The van der Waals surface area contributed by atoms with E-state index < -0.39 is 0 Å². The van der Waals surface area contributed by atoms with Crippen molar-refractivity contribution in [2.24, 2.45) is 0 Å². The minimum absolute atomic E-state index is 0.128. The van der Waals surface area contributed by atoms with Crippen molar-refractivity contribution in [1.82, 2.24) is 4.90 Å². The summed E-state index contributed by atoms with van der Waals surface area (Å²) in [5.74, 6) is 6.39. The van der Waals surface area contributed by atoms with Gasteiger partial charge in [0.2, 0.25) is 0 Å². The van der Waals surface area contributed by atoms with Crippen molar-refractivity contribution in [3.05, 3.63) is 29.3 Å². The molecule has 0 atom stereocenters. The Balaban J connectivity index is 2.16. The molecule has 0 saturated heterocycles. The lowest BCUT2D eigenvalue weighted by Gasteiger charge is -2.20. The first kappa shape index (κ1) is 13.9. The summed E-state index contributed by atoms with van der Waals surface area (Å²) < 4.78 is 5.29. The van der Waals surface area contributed by atoms with Gasteiger partial charge in [-0.15, -0.1) is 0 Å². The zero-order valence-corrected chi connectivity index (χ0v) is 11.6. The SMILES string of the molecule is CCN(Cc1ccc(OC)c(C#CCO)c1)C1CC1. The Morgan fingerprint density at radius 1 is 1.42 bits per heavy atom. The number of rotatable bonds is 5. The molecule has 0 aromatic heterocycles. The normalized spacial score (nSPS) is 14.1. The van der Waals surface area contributed by atoms with Crippen LogP contribution in [0.1, 0.15) is 30.9 Å². The lowest BCUT2D eigenvalue weighted by Crippen LogP contribution is -2.25. The molecule has 2 rings (SSSR count). The Hall–Kier alpha value is -1.50. The Morgan fingerprint density at radius 2 is 2.21 bits per heavy atom. The van der Waals surface area contributed by atoms with Gasteiger partial charge in [0.1, 0.15) is 12.4 Å². The van der Waals surface area contributed by atoms with Gasteiger partial charge in [-0.3, -0.25) is 4.90 Å². The van der Waals surface area contributed by atoms with Crippen molar-refractivity contribution >= 4 is 0 Å². The van der Waals surface area contributed by atoms with E-state index in [2.05, 4.69) is 35.8 Å². The average molecular weight is 259 g/mol. The molecule has 1 N–H and O–H groups in total. The summed E-state index contributed by atoms with van der Waals surface area (Å²) in [6, 6.07) is 6.87. The molecule has 3 nitrogen and oxygen atoms in total. The van der Waals surface area contributed by atoms with Gasteiger partial charge in [0.25, 0.3) is 0 Å². The highest BCUT2D eigenvalue weighted by molar-refractivity contribution is 5.48. The lowest BCUT2D eigenvalue weighted by atomic mass is 10.1. The maximum absolute atomic E-state index is 8.80. The Kier molecular flexibility index (Phi) is 4.84. The van der Waals surface area contributed by atoms with E-state index in [-0.39, 0.29) is 6.61 Å². The second-order valence-electron chi connectivity index (χ2n) is 4.79. The van der Waals surface area contributed by atoms with Crippen molar-refractivity contribution in [3.63, 3.8) is 0 Å². The van der Waals surface area contributed by atoms with Gasteiger partial charge >= 0.3 is 0 Å². The van der Waals surface area contributed by atoms with Crippen LogP contribution < -0.4 is 4.74 Å². The molecule has 1 fully saturated rings. The van der Waals surface area contributed by atoms with E-state index >= 15 is 0 Å². The monoisotopic (exact) mass is 259 g/mol. The standard InChI is InChI=1S/C16H21NO2/c1-3-17(15-7-8-15)12-13-6-9-16(19-2)14(11-13)5-4-10-18/h6,9,11,15,18H,3,7-8,10,12H2,1-2H3. The van der Waals surface area contributed by atoms with Gasteiger partial charge in [-0.25, -0.2) is 0 Å². The van der Waals surface area contributed by atoms with Crippen molar-refractivity contribution in [1.29, 1.82) is 0 Å². The second kappa shape index (κ2) is 6.60. The Morgan fingerprint density at radius 3 is 2.79 bits per heavy atom. The van der Waals surface area contributed by atoms with E-state index in [0.717, 1.165) is 30.4 Å². The Labute approximate surface area is 115 Å². The third-order valence-electron chi connectivity index (χ3n) is 3.42. The second-order valence-corrected chi connectivity index (χ2v) is 4.79. The van der Waals surface area contributed by atoms with E-state index in [1.54, 1.807) is 7.11 Å². The fourth-order valence-electron chi connectivity index (χ4n) is 2.26. The van der Waals surface area contributed by atoms with Crippen LogP contribution in [0.5, 0.6) is 5.75 Å². The number of benzene rings is 1. The quantitative estimate of drug-likeness (QED) is 0.821. The molecule has 19 heavy (non-hydrogen) atoms. The molecule has 3 heteroatoms. The van der Waals surface area contributed by atoms with Gasteiger partial charge in [-0.2, -0.15) is 0 Å². The predicted octanol–water partition coefficient (Wildman–Crippen LogP) is 2.02. The fourth-order valence-corrected chi connectivity index (χ4v) is 2.26. The van der Waals surface area contributed by atoms with Crippen LogP contribution >= 0.6 is 0 Å². The van der Waals surface area contributed by atoms with Gasteiger partial charge in [0, 0.05) is 12.6 Å². The lowest BCUT2D eigenvalue weighted by molar-refractivity contribution is 0.269. The minimum atomic E-state index is -0.128. The zero-order valence-electron chi connectivity index (χ0n) is 11.6. The van der Waals surface area contributed by atoms with Crippen molar-refractivity contribution in [2.75, 3.05) is 20.3 Å². The van der Waals surface area contributed by atoms with E-state index in [9.17, 15) is 0 Å². The van der Waals surface area contributed by atoms with Gasteiger partial charge < -0.3 is 9.84 Å². The maximum Gasteiger partial charge on any atom is 0.134 e. The number of hydrogen-bond donors (Lipinski definition) is 1. The van der Waals surface area contributed by atoms with Crippen LogP contribution in [0.2, 0.25) is 0 Å². The first-order valence-corrected chi connectivity index (χ1v) is 6.79. The van der Waals surface area contributed by atoms with Gasteiger partial charge in [-0.1, -0.05) is 24.8 Å². The molecule has 102 valence electrons. The number of aliphatic hydroxyl groups is 1. The summed E-state index contributed by atoms with van der Waals surface area (Å²) in [6.45, 7) is 4.11. The molecule has 1 aromatic carbocycles. The van der Waals surface area contributed by atoms with Crippen LogP contribution in [-0.2, 0) is 6.54 Å². The molecule has 0 amide bonds. The average Bonchev–Trinajstić information content (AvgIpc) is 3.27. The summed E-state index contributed by atoms with van der Waals surface area (Å²) >= 11 is 0. The molecule has 1 aliphatic carbocycles. The van der Waals surface area contributed by atoms with E-state index in [1.165, 1.54) is 18.4 Å². The summed E-state index contributed by atoms with van der Waals surface area (Å²) in [5.41, 5.74) is 2.10. The number of aliphatic hydroxyl groups excluding tert-OH is 1. The third kappa shape index (κ3) is 3.73. The molecule has 1 aliphatic rings. The van der Waals surface area contributed by atoms with E-state index in [4.69, 9.17) is 9.84 Å². The highest BCUT2D eigenvalue weighted by atomic mass is 16.5. The maximum atomic E-state index is 8.80. The molecule has 0 aliphatic heterocycles. The summed E-state index contributed by atoms with van der Waals surface area (Å²) in [6.07, 6.45) is 2.64. The van der Waals surface area contributed by atoms with E-state index in [1.807, 2.05) is 6.07 Å². The third-order valence-corrected chi connectivity index (χ3v) is 3.42. The van der Waals surface area contributed by atoms with E-state index in [0.29, 0.717) is 0 Å². The number of hydrogen-bond acceptors (Lipinski definition) is 3. The smallest absolute Gasteiger partial charge is 0.134 e. The molecule has 1 saturated carbocycles. The van der Waals surface area contributed by atoms with Crippen LogP contribution in [0.25, 0.3) is 0 Å². The molecule has 0 radical (unpaired) electrons. The molecule has 0 bridgehead atoms. The minimum Gasteiger partial charge on any atom is -0.495 e. The fraction of sp³-hybridized carbons (Fsp3) is 0.500.